The van der Waals surface area contributed by atoms with Crippen LogP contribution >= 0.6 is 11.6 Å². The Labute approximate surface area is 217 Å². The molecule has 1 N–H and O–H groups in total. The van der Waals surface area contributed by atoms with Crippen molar-refractivity contribution in [2.45, 2.75) is 45.2 Å². The predicted molar refractivity (Wildman–Crippen MR) is 134 cm³/mol. The second-order valence-electron chi connectivity index (χ2n) is 8.32. The van der Waals surface area contributed by atoms with Crippen LogP contribution in [-0.2, 0) is 32.4 Å². The Balaban J connectivity index is 1.24. The molecule has 0 aliphatic rings. The Kier molecular flexibility index (Phi) is 8.68. The summed E-state index contributed by atoms with van der Waals surface area (Å²) in [6, 6.07) is 10.4. The van der Waals surface area contributed by atoms with E-state index in [1.165, 1.54) is 18.4 Å². The number of nitrogens with zero attached hydrogens (tertiary/aromatic N) is 3. The molecule has 0 saturated carbocycles. The standard InChI is InChI=1S/C27H25ClF3N3O3/c28-24-15-23(10-7-20(24)3-1-2-13-34-14-12-32-25(34)16-35)36-17-22-18-37-26(33-22)11-6-19-4-8-21(9-5-19)27(29,30)31/h4-12,14-15,18,35H,1-3,13,16-17H2/b11-6+. The van der Waals surface area contributed by atoms with Crippen LogP contribution in [0.15, 0.2) is 65.5 Å². The third-order valence-electron chi connectivity index (χ3n) is 5.68. The van der Waals surface area contributed by atoms with Crippen LogP contribution in [0, 0.1) is 0 Å². The summed E-state index contributed by atoms with van der Waals surface area (Å²) in [5.41, 5.74) is 1.49. The van der Waals surface area contributed by atoms with Crippen molar-refractivity contribution in [1.82, 2.24) is 14.5 Å². The summed E-state index contributed by atoms with van der Waals surface area (Å²) in [5.74, 6) is 1.58. The van der Waals surface area contributed by atoms with Gasteiger partial charge in [-0.15, -0.1) is 0 Å². The van der Waals surface area contributed by atoms with E-state index in [0.717, 1.165) is 43.5 Å². The lowest BCUT2D eigenvalue weighted by atomic mass is 10.1. The summed E-state index contributed by atoms with van der Waals surface area (Å²) in [7, 11) is 0. The number of alkyl halides is 3. The Morgan fingerprint density at radius 1 is 1.08 bits per heavy atom. The molecule has 194 valence electrons. The lowest BCUT2D eigenvalue weighted by Gasteiger charge is -2.09. The highest BCUT2D eigenvalue weighted by molar-refractivity contribution is 6.31. The van der Waals surface area contributed by atoms with Gasteiger partial charge in [0.1, 0.15) is 36.7 Å². The Morgan fingerprint density at radius 3 is 2.62 bits per heavy atom. The molecule has 0 unspecified atom stereocenters. The van der Waals surface area contributed by atoms with Crippen molar-refractivity contribution in [2.75, 3.05) is 0 Å². The van der Waals surface area contributed by atoms with Gasteiger partial charge in [-0.1, -0.05) is 29.8 Å². The number of rotatable bonds is 11. The summed E-state index contributed by atoms with van der Waals surface area (Å²) in [6.07, 6.45) is 6.53. The number of unbranched alkanes of at least 4 members (excludes halogenated alkanes) is 1. The summed E-state index contributed by atoms with van der Waals surface area (Å²) >= 11 is 6.44. The van der Waals surface area contributed by atoms with Gasteiger partial charge in [0.15, 0.2) is 0 Å². The second kappa shape index (κ2) is 12.1. The highest BCUT2D eigenvalue weighted by atomic mass is 35.5. The molecule has 2 aromatic carbocycles. The topological polar surface area (TPSA) is 73.3 Å². The zero-order valence-corrected chi connectivity index (χ0v) is 20.5. The van der Waals surface area contributed by atoms with E-state index in [1.54, 1.807) is 24.4 Å². The molecular formula is C27H25ClF3N3O3. The summed E-state index contributed by atoms with van der Waals surface area (Å²) in [5, 5.41) is 9.89. The molecule has 0 radical (unpaired) electrons. The first-order valence-corrected chi connectivity index (χ1v) is 12.0. The zero-order chi connectivity index (χ0) is 26.3. The van der Waals surface area contributed by atoms with Crippen LogP contribution in [0.5, 0.6) is 5.75 Å². The number of oxazole rings is 1. The van der Waals surface area contributed by atoms with Crippen molar-refractivity contribution in [3.63, 3.8) is 0 Å². The van der Waals surface area contributed by atoms with Crippen molar-refractivity contribution in [2.24, 2.45) is 0 Å². The molecule has 4 aromatic rings. The minimum atomic E-state index is -4.36. The smallest absolute Gasteiger partial charge is 0.416 e. The number of aliphatic hydroxyl groups excluding tert-OH is 1. The molecule has 4 rings (SSSR count). The van der Waals surface area contributed by atoms with E-state index in [0.29, 0.717) is 33.7 Å². The minimum absolute atomic E-state index is 0.0740. The molecule has 0 atom stereocenters. The van der Waals surface area contributed by atoms with Crippen molar-refractivity contribution < 1.29 is 27.4 Å². The van der Waals surface area contributed by atoms with Gasteiger partial charge in [-0.3, -0.25) is 0 Å². The summed E-state index contributed by atoms with van der Waals surface area (Å²) < 4.78 is 51.1. The van der Waals surface area contributed by atoms with Crippen LogP contribution in [0.3, 0.4) is 0 Å². The fourth-order valence-corrected chi connectivity index (χ4v) is 3.95. The molecule has 0 amide bonds. The maximum absolute atomic E-state index is 12.7. The average Bonchev–Trinajstić information content (AvgIpc) is 3.54. The summed E-state index contributed by atoms with van der Waals surface area (Å²) in [6.45, 7) is 0.884. The van der Waals surface area contributed by atoms with Gasteiger partial charge in [0.25, 0.3) is 0 Å². The first-order chi connectivity index (χ1) is 17.8. The van der Waals surface area contributed by atoms with Crippen LogP contribution in [0.2, 0.25) is 5.02 Å². The minimum Gasteiger partial charge on any atom is -0.487 e. The van der Waals surface area contributed by atoms with Gasteiger partial charge in [0.2, 0.25) is 5.89 Å². The van der Waals surface area contributed by atoms with E-state index in [9.17, 15) is 18.3 Å². The van der Waals surface area contributed by atoms with Gasteiger partial charge in [-0.25, -0.2) is 9.97 Å². The molecule has 0 bridgehead atoms. The Morgan fingerprint density at radius 2 is 1.89 bits per heavy atom. The van der Waals surface area contributed by atoms with Crippen molar-refractivity contribution in [3.05, 3.63) is 100 Å². The Bertz CT molecular complexity index is 1330. The van der Waals surface area contributed by atoms with E-state index >= 15 is 0 Å². The highest BCUT2D eigenvalue weighted by Crippen LogP contribution is 2.29. The van der Waals surface area contributed by atoms with Crippen molar-refractivity contribution in [3.8, 4) is 5.75 Å². The van der Waals surface area contributed by atoms with E-state index in [2.05, 4.69) is 9.97 Å². The molecule has 2 heterocycles. The van der Waals surface area contributed by atoms with Crippen molar-refractivity contribution in [1.29, 1.82) is 0 Å². The maximum Gasteiger partial charge on any atom is 0.416 e. The van der Waals surface area contributed by atoms with Gasteiger partial charge in [0.05, 0.1) is 5.56 Å². The first kappa shape index (κ1) is 26.5. The third kappa shape index (κ3) is 7.47. The SMILES string of the molecule is OCc1nccn1CCCCc1ccc(OCc2coc(/C=C/c3ccc(C(F)(F)F)cc3)n2)cc1Cl. The monoisotopic (exact) mass is 531 g/mol. The molecule has 37 heavy (non-hydrogen) atoms. The molecule has 0 spiro atoms. The highest BCUT2D eigenvalue weighted by Gasteiger charge is 2.29. The number of ether oxygens (including phenoxy) is 1. The molecule has 0 aliphatic carbocycles. The number of hydrogen-bond acceptors (Lipinski definition) is 5. The van der Waals surface area contributed by atoms with Crippen LogP contribution < -0.4 is 4.74 Å². The van der Waals surface area contributed by atoms with Crippen molar-refractivity contribution >= 4 is 23.8 Å². The van der Waals surface area contributed by atoms with Gasteiger partial charge in [0, 0.05) is 30.0 Å². The van der Waals surface area contributed by atoms with Gasteiger partial charge in [-0.2, -0.15) is 13.2 Å². The van der Waals surface area contributed by atoms with Gasteiger partial charge >= 0.3 is 6.18 Å². The fraction of sp³-hybridized carbons (Fsp3) is 0.259. The van der Waals surface area contributed by atoms with Crippen LogP contribution in [0.25, 0.3) is 12.2 Å². The average molecular weight is 532 g/mol. The number of aliphatic hydroxyl groups is 1. The number of halogens is 4. The van der Waals surface area contributed by atoms with E-state index in [1.807, 2.05) is 22.9 Å². The molecular weight excluding hydrogens is 507 g/mol. The first-order valence-electron chi connectivity index (χ1n) is 11.6. The van der Waals surface area contributed by atoms with Crippen LogP contribution in [0.1, 0.15) is 46.9 Å². The zero-order valence-electron chi connectivity index (χ0n) is 19.8. The largest absolute Gasteiger partial charge is 0.487 e. The Hall–Kier alpha value is -3.56. The molecule has 0 fully saturated rings. The fourth-order valence-electron chi connectivity index (χ4n) is 3.69. The van der Waals surface area contributed by atoms with Gasteiger partial charge < -0.3 is 18.8 Å². The van der Waals surface area contributed by atoms with E-state index in [4.69, 9.17) is 20.8 Å². The molecule has 0 saturated heterocycles. The summed E-state index contributed by atoms with van der Waals surface area (Å²) in [4.78, 5) is 8.41. The third-order valence-corrected chi connectivity index (χ3v) is 6.03. The lowest BCUT2D eigenvalue weighted by Crippen LogP contribution is -2.03. The number of aryl methyl sites for hydroxylation is 2. The number of hydrogen-bond donors (Lipinski definition) is 1. The molecule has 0 aliphatic heterocycles. The number of aromatic nitrogens is 3. The molecule has 6 nitrogen and oxygen atoms in total. The second-order valence-corrected chi connectivity index (χ2v) is 8.73. The van der Waals surface area contributed by atoms with E-state index in [-0.39, 0.29) is 13.2 Å². The molecule has 10 heteroatoms. The molecule has 2 aromatic heterocycles. The maximum atomic E-state index is 12.7. The quantitative estimate of drug-likeness (QED) is 0.215. The lowest BCUT2D eigenvalue weighted by molar-refractivity contribution is -0.137. The predicted octanol–water partition coefficient (Wildman–Crippen LogP) is 6.81. The van der Waals surface area contributed by atoms with E-state index < -0.39 is 11.7 Å². The number of benzene rings is 2. The normalized spacial score (nSPS) is 11.9. The van der Waals surface area contributed by atoms with Gasteiger partial charge in [-0.05, 0) is 60.7 Å². The number of imidazole rings is 1. The van der Waals surface area contributed by atoms with Crippen LogP contribution in [-0.4, -0.2) is 19.6 Å². The van der Waals surface area contributed by atoms with Crippen LogP contribution in [0.4, 0.5) is 13.2 Å².